The maximum atomic E-state index is 12.6. The van der Waals surface area contributed by atoms with Gasteiger partial charge in [-0.2, -0.15) is 0 Å². The zero-order valence-corrected chi connectivity index (χ0v) is 15.6. The summed E-state index contributed by atoms with van der Waals surface area (Å²) in [5.74, 6) is 0.685. The fourth-order valence-electron chi connectivity index (χ4n) is 2.26. The van der Waals surface area contributed by atoms with Crippen molar-refractivity contribution in [3.05, 3.63) is 58.9 Å². The molecule has 0 amide bonds. The summed E-state index contributed by atoms with van der Waals surface area (Å²) in [4.78, 5) is 0.0532. The van der Waals surface area contributed by atoms with Gasteiger partial charge in [-0.05, 0) is 48.9 Å². The molecule has 2 aromatic carbocycles. The monoisotopic (exact) mass is 393 g/mol. The fourth-order valence-corrected chi connectivity index (χ4v) is 3.61. The van der Waals surface area contributed by atoms with Crippen LogP contribution >= 0.6 is 11.6 Å². The van der Waals surface area contributed by atoms with Gasteiger partial charge in [0.25, 0.3) is 0 Å². The summed E-state index contributed by atoms with van der Waals surface area (Å²) in [5, 5.41) is 8.37. The summed E-state index contributed by atoms with van der Waals surface area (Å²) in [6.45, 7) is 1.66. The lowest BCUT2D eigenvalue weighted by Crippen LogP contribution is -2.24. The molecule has 0 saturated carbocycles. The van der Waals surface area contributed by atoms with Gasteiger partial charge in [-0.15, -0.1) is 10.2 Å². The van der Waals surface area contributed by atoms with Crippen LogP contribution in [0.3, 0.4) is 0 Å². The largest absolute Gasteiger partial charge is 0.495 e. The minimum absolute atomic E-state index is 0.0532. The van der Waals surface area contributed by atoms with Crippen LogP contribution in [0.4, 0.5) is 0 Å². The van der Waals surface area contributed by atoms with E-state index in [4.69, 9.17) is 20.8 Å². The molecule has 3 aromatic rings. The molecule has 1 N–H and O–H groups in total. The van der Waals surface area contributed by atoms with Gasteiger partial charge >= 0.3 is 0 Å². The molecule has 0 bridgehead atoms. The highest BCUT2D eigenvalue weighted by molar-refractivity contribution is 7.89. The summed E-state index contributed by atoms with van der Waals surface area (Å²) in [5.41, 5.74) is 1.49. The van der Waals surface area contributed by atoms with Gasteiger partial charge in [0.15, 0.2) is 0 Å². The van der Waals surface area contributed by atoms with E-state index in [-0.39, 0.29) is 29.0 Å². The summed E-state index contributed by atoms with van der Waals surface area (Å²) < 4.78 is 38.2. The standard InChI is InChI=1S/C17H16ClN3O4S/c1-11-3-8-14(24-2)15(9-11)26(22,23)19-10-16-20-21-17(25-16)12-4-6-13(18)7-5-12/h3-9,19H,10H2,1-2H3. The van der Waals surface area contributed by atoms with Gasteiger partial charge in [0.2, 0.25) is 21.8 Å². The fraction of sp³-hybridized carbons (Fsp3) is 0.176. The second-order valence-corrected chi connectivity index (χ2v) is 7.66. The van der Waals surface area contributed by atoms with Gasteiger partial charge < -0.3 is 9.15 Å². The van der Waals surface area contributed by atoms with Crippen LogP contribution in [0.25, 0.3) is 11.5 Å². The van der Waals surface area contributed by atoms with Crippen molar-refractivity contribution in [3.63, 3.8) is 0 Å². The minimum Gasteiger partial charge on any atom is -0.495 e. The molecular weight excluding hydrogens is 378 g/mol. The maximum absolute atomic E-state index is 12.6. The van der Waals surface area contributed by atoms with Crippen LogP contribution in [0.1, 0.15) is 11.5 Å². The molecule has 9 heteroatoms. The third-order valence-corrected chi connectivity index (χ3v) is 5.25. The van der Waals surface area contributed by atoms with Crippen molar-refractivity contribution in [2.24, 2.45) is 0 Å². The summed E-state index contributed by atoms with van der Waals surface area (Å²) in [6.07, 6.45) is 0. The van der Waals surface area contributed by atoms with Crippen LogP contribution in [0, 0.1) is 6.92 Å². The van der Waals surface area contributed by atoms with Gasteiger partial charge in [-0.1, -0.05) is 17.7 Å². The number of aryl methyl sites for hydroxylation is 1. The molecular formula is C17H16ClN3O4S. The Kier molecular flexibility index (Phi) is 5.26. The number of methoxy groups -OCH3 is 1. The highest BCUT2D eigenvalue weighted by Crippen LogP contribution is 2.25. The Labute approximate surface area is 156 Å². The summed E-state index contributed by atoms with van der Waals surface area (Å²) >= 11 is 5.84. The van der Waals surface area contributed by atoms with E-state index in [1.165, 1.54) is 13.2 Å². The molecule has 0 radical (unpaired) electrons. The lowest BCUT2D eigenvalue weighted by atomic mass is 10.2. The van der Waals surface area contributed by atoms with E-state index in [1.54, 1.807) is 43.3 Å². The van der Waals surface area contributed by atoms with Crippen molar-refractivity contribution in [2.75, 3.05) is 7.11 Å². The van der Waals surface area contributed by atoms with Crippen LogP contribution in [0.2, 0.25) is 5.02 Å². The molecule has 0 atom stereocenters. The average molecular weight is 394 g/mol. The predicted molar refractivity (Wildman–Crippen MR) is 96.5 cm³/mol. The Bertz CT molecular complexity index is 1020. The smallest absolute Gasteiger partial charge is 0.247 e. The first kappa shape index (κ1) is 18.4. The third kappa shape index (κ3) is 4.04. The Morgan fingerprint density at radius 3 is 2.58 bits per heavy atom. The van der Waals surface area contributed by atoms with Gasteiger partial charge in [0, 0.05) is 10.6 Å². The minimum atomic E-state index is -3.80. The highest BCUT2D eigenvalue weighted by atomic mass is 35.5. The molecule has 0 aliphatic carbocycles. The number of halogens is 1. The van der Waals surface area contributed by atoms with Gasteiger partial charge in [0.05, 0.1) is 13.7 Å². The van der Waals surface area contributed by atoms with Crippen molar-refractivity contribution < 1.29 is 17.6 Å². The molecule has 0 saturated heterocycles. The number of aromatic nitrogens is 2. The molecule has 26 heavy (non-hydrogen) atoms. The summed E-state index contributed by atoms with van der Waals surface area (Å²) in [6, 6.07) is 11.8. The Morgan fingerprint density at radius 2 is 1.88 bits per heavy atom. The second kappa shape index (κ2) is 7.45. The number of ether oxygens (including phenoxy) is 1. The van der Waals surface area contributed by atoms with Crippen molar-refractivity contribution in [2.45, 2.75) is 18.4 Å². The van der Waals surface area contributed by atoms with E-state index < -0.39 is 10.0 Å². The molecule has 136 valence electrons. The number of rotatable bonds is 6. The van der Waals surface area contributed by atoms with Crippen molar-refractivity contribution in [1.29, 1.82) is 0 Å². The van der Waals surface area contributed by atoms with Gasteiger partial charge in [-0.3, -0.25) is 0 Å². The topological polar surface area (TPSA) is 94.3 Å². The van der Waals surface area contributed by atoms with E-state index in [0.717, 1.165) is 5.56 Å². The van der Waals surface area contributed by atoms with Gasteiger partial charge in [0.1, 0.15) is 10.6 Å². The average Bonchev–Trinajstić information content (AvgIpc) is 3.10. The molecule has 1 aromatic heterocycles. The normalized spacial score (nSPS) is 11.5. The Balaban J connectivity index is 1.77. The van der Waals surface area contributed by atoms with E-state index >= 15 is 0 Å². The predicted octanol–water partition coefficient (Wildman–Crippen LogP) is 3.19. The van der Waals surface area contributed by atoms with Crippen molar-refractivity contribution in [3.8, 4) is 17.2 Å². The van der Waals surface area contributed by atoms with E-state index in [2.05, 4.69) is 14.9 Å². The molecule has 1 heterocycles. The first-order valence-corrected chi connectivity index (χ1v) is 9.48. The van der Waals surface area contributed by atoms with Crippen molar-refractivity contribution >= 4 is 21.6 Å². The number of sulfonamides is 1. The molecule has 7 nitrogen and oxygen atoms in total. The molecule has 0 aliphatic rings. The molecule has 0 spiro atoms. The van der Waals surface area contributed by atoms with E-state index in [9.17, 15) is 8.42 Å². The number of hydrogen-bond donors (Lipinski definition) is 1. The first-order valence-electron chi connectivity index (χ1n) is 7.61. The number of nitrogens with one attached hydrogen (secondary N) is 1. The number of hydrogen-bond acceptors (Lipinski definition) is 6. The highest BCUT2D eigenvalue weighted by Gasteiger charge is 2.20. The van der Waals surface area contributed by atoms with Crippen LogP contribution in [0.5, 0.6) is 5.75 Å². The molecule has 0 fully saturated rings. The lowest BCUT2D eigenvalue weighted by Gasteiger charge is -2.10. The van der Waals surface area contributed by atoms with E-state index in [0.29, 0.717) is 10.6 Å². The molecule has 0 unspecified atom stereocenters. The third-order valence-electron chi connectivity index (χ3n) is 3.58. The van der Waals surface area contributed by atoms with Crippen LogP contribution in [-0.2, 0) is 16.6 Å². The zero-order valence-electron chi connectivity index (χ0n) is 14.1. The summed E-state index contributed by atoms with van der Waals surface area (Å²) in [7, 11) is -2.39. The number of nitrogens with zero attached hydrogens (tertiary/aromatic N) is 2. The molecule has 0 aliphatic heterocycles. The SMILES string of the molecule is COc1ccc(C)cc1S(=O)(=O)NCc1nnc(-c2ccc(Cl)cc2)o1. The van der Waals surface area contributed by atoms with Crippen molar-refractivity contribution in [1.82, 2.24) is 14.9 Å². The zero-order chi connectivity index (χ0) is 18.7. The van der Waals surface area contributed by atoms with Crippen LogP contribution < -0.4 is 9.46 Å². The second-order valence-electron chi connectivity index (χ2n) is 5.49. The van der Waals surface area contributed by atoms with E-state index in [1.807, 2.05) is 0 Å². The van der Waals surface area contributed by atoms with Crippen LogP contribution in [0.15, 0.2) is 51.8 Å². The maximum Gasteiger partial charge on any atom is 0.247 e. The van der Waals surface area contributed by atoms with Gasteiger partial charge in [-0.25, -0.2) is 13.1 Å². The molecule has 3 rings (SSSR count). The lowest BCUT2D eigenvalue weighted by molar-refractivity contribution is 0.402. The first-order chi connectivity index (χ1) is 12.4. The Hall–Kier alpha value is -2.42. The Morgan fingerprint density at radius 1 is 1.15 bits per heavy atom. The van der Waals surface area contributed by atoms with Crippen LogP contribution in [-0.4, -0.2) is 25.7 Å². The quantitative estimate of drug-likeness (QED) is 0.691. The number of benzene rings is 2.